The quantitative estimate of drug-likeness (QED) is 0.759. The van der Waals surface area contributed by atoms with Crippen LogP contribution < -0.4 is 5.32 Å². The Hall–Kier alpha value is -2.46. The molecule has 4 nitrogen and oxygen atoms in total. The molecule has 0 aliphatic carbocycles. The Morgan fingerprint density at radius 2 is 1.71 bits per heavy atom. The molecule has 0 bridgehead atoms. The van der Waals surface area contributed by atoms with Gasteiger partial charge in [0.25, 0.3) is 0 Å². The standard InChI is InChI=1S/C20H21NO3/c22-18(19-14-24-19)8-4-7-15-9-11-17(12-10-15)21-20(23)13-16-5-2-1-3-6-16/h1-3,5-6,9-12,19H,4,7-8,13-14H2,(H,21,23). The smallest absolute Gasteiger partial charge is 0.228 e. The third-order valence-corrected chi connectivity index (χ3v) is 4.03. The number of carbonyl (C=O) groups excluding carboxylic acids is 2. The summed E-state index contributed by atoms with van der Waals surface area (Å²) >= 11 is 0. The van der Waals surface area contributed by atoms with Gasteiger partial charge in [0.15, 0.2) is 5.78 Å². The fourth-order valence-electron chi connectivity index (χ4n) is 2.60. The number of epoxide rings is 1. The van der Waals surface area contributed by atoms with E-state index in [1.807, 2.05) is 54.6 Å². The highest BCUT2D eigenvalue weighted by atomic mass is 16.6. The first-order chi connectivity index (χ1) is 11.7. The Morgan fingerprint density at radius 3 is 2.38 bits per heavy atom. The minimum Gasteiger partial charge on any atom is -0.365 e. The molecule has 0 saturated carbocycles. The first-order valence-corrected chi connectivity index (χ1v) is 8.28. The first kappa shape index (κ1) is 16.4. The molecule has 0 aromatic heterocycles. The van der Waals surface area contributed by atoms with Crippen LogP contribution in [0.15, 0.2) is 54.6 Å². The molecular formula is C20H21NO3. The summed E-state index contributed by atoms with van der Waals surface area (Å²) in [6.07, 6.45) is 2.50. The van der Waals surface area contributed by atoms with Gasteiger partial charge in [-0.15, -0.1) is 0 Å². The zero-order valence-electron chi connectivity index (χ0n) is 13.5. The van der Waals surface area contributed by atoms with Crippen molar-refractivity contribution in [3.63, 3.8) is 0 Å². The molecule has 2 aromatic rings. The van der Waals surface area contributed by atoms with E-state index in [0.717, 1.165) is 24.1 Å². The molecule has 3 rings (SSSR count). The highest BCUT2D eigenvalue weighted by Crippen LogP contribution is 2.16. The fraction of sp³-hybridized carbons (Fsp3) is 0.300. The van der Waals surface area contributed by atoms with Crippen LogP contribution in [-0.4, -0.2) is 24.4 Å². The second-order valence-electron chi connectivity index (χ2n) is 6.05. The van der Waals surface area contributed by atoms with E-state index in [2.05, 4.69) is 5.32 Å². The summed E-state index contributed by atoms with van der Waals surface area (Å²) in [4.78, 5) is 23.6. The number of ketones is 1. The lowest BCUT2D eigenvalue weighted by molar-refractivity contribution is -0.120. The maximum Gasteiger partial charge on any atom is 0.228 e. The molecule has 4 heteroatoms. The van der Waals surface area contributed by atoms with Crippen LogP contribution in [0.3, 0.4) is 0 Å². The molecule has 1 atom stereocenters. The Morgan fingerprint density at radius 1 is 1.00 bits per heavy atom. The van der Waals surface area contributed by atoms with E-state index in [-0.39, 0.29) is 17.8 Å². The van der Waals surface area contributed by atoms with E-state index >= 15 is 0 Å². The largest absolute Gasteiger partial charge is 0.365 e. The Labute approximate surface area is 141 Å². The van der Waals surface area contributed by atoms with Crippen molar-refractivity contribution >= 4 is 17.4 Å². The van der Waals surface area contributed by atoms with E-state index in [9.17, 15) is 9.59 Å². The van der Waals surface area contributed by atoms with Crippen LogP contribution in [0, 0.1) is 0 Å². The van der Waals surface area contributed by atoms with E-state index in [1.165, 1.54) is 5.56 Å². The van der Waals surface area contributed by atoms with Gasteiger partial charge in [-0.1, -0.05) is 42.5 Å². The molecule has 1 aliphatic rings. The number of amides is 1. The van der Waals surface area contributed by atoms with Crippen LogP contribution in [-0.2, 0) is 27.2 Å². The number of aryl methyl sites for hydroxylation is 1. The van der Waals surface area contributed by atoms with Crippen molar-refractivity contribution in [2.24, 2.45) is 0 Å². The number of Topliss-reactive ketones (excluding diaryl/α,β-unsaturated/α-hetero) is 1. The van der Waals surface area contributed by atoms with Gasteiger partial charge in [-0.2, -0.15) is 0 Å². The molecule has 1 unspecified atom stereocenters. The summed E-state index contributed by atoms with van der Waals surface area (Å²) in [5.41, 5.74) is 2.96. The summed E-state index contributed by atoms with van der Waals surface area (Å²) in [6, 6.07) is 17.5. The third kappa shape index (κ3) is 5.03. The van der Waals surface area contributed by atoms with Crippen LogP contribution in [0.1, 0.15) is 24.0 Å². The van der Waals surface area contributed by atoms with Crippen LogP contribution >= 0.6 is 0 Å². The number of benzene rings is 2. The molecule has 2 aromatic carbocycles. The van der Waals surface area contributed by atoms with Crippen LogP contribution in [0.4, 0.5) is 5.69 Å². The van der Waals surface area contributed by atoms with E-state index in [1.54, 1.807) is 0 Å². The van der Waals surface area contributed by atoms with Crippen LogP contribution in [0.5, 0.6) is 0 Å². The van der Waals surface area contributed by atoms with Crippen LogP contribution in [0.2, 0.25) is 0 Å². The van der Waals surface area contributed by atoms with Crippen molar-refractivity contribution in [2.45, 2.75) is 31.8 Å². The Balaban J connectivity index is 1.43. The molecule has 1 saturated heterocycles. The highest BCUT2D eigenvalue weighted by Gasteiger charge is 2.29. The first-order valence-electron chi connectivity index (χ1n) is 8.28. The molecule has 1 aliphatic heterocycles. The van der Waals surface area contributed by atoms with Crippen molar-refractivity contribution < 1.29 is 14.3 Å². The van der Waals surface area contributed by atoms with Crippen molar-refractivity contribution in [1.82, 2.24) is 0 Å². The van der Waals surface area contributed by atoms with Gasteiger partial charge in [-0.05, 0) is 36.1 Å². The van der Waals surface area contributed by atoms with E-state index in [0.29, 0.717) is 19.4 Å². The molecule has 0 radical (unpaired) electrons. The number of anilines is 1. The van der Waals surface area contributed by atoms with Gasteiger partial charge in [0.05, 0.1) is 13.0 Å². The van der Waals surface area contributed by atoms with Gasteiger partial charge in [0, 0.05) is 12.1 Å². The molecular weight excluding hydrogens is 302 g/mol. The van der Waals surface area contributed by atoms with Crippen molar-refractivity contribution in [2.75, 3.05) is 11.9 Å². The summed E-state index contributed by atoms with van der Waals surface area (Å²) in [5, 5.41) is 2.91. The predicted octanol–water partition coefficient (Wildman–Crippen LogP) is 3.16. The minimum absolute atomic E-state index is 0.0241. The lowest BCUT2D eigenvalue weighted by Gasteiger charge is -2.07. The lowest BCUT2D eigenvalue weighted by Crippen LogP contribution is -2.14. The number of ether oxygens (including phenoxy) is 1. The fourth-order valence-corrected chi connectivity index (χ4v) is 2.60. The maximum atomic E-state index is 12.0. The second-order valence-corrected chi connectivity index (χ2v) is 6.05. The average Bonchev–Trinajstić information content (AvgIpc) is 3.42. The molecule has 1 fully saturated rings. The minimum atomic E-state index is -0.132. The summed E-state index contributed by atoms with van der Waals surface area (Å²) in [6.45, 7) is 0.593. The summed E-state index contributed by atoms with van der Waals surface area (Å²) < 4.78 is 4.98. The number of hydrogen-bond donors (Lipinski definition) is 1. The molecule has 1 N–H and O–H groups in total. The third-order valence-electron chi connectivity index (χ3n) is 4.03. The molecule has 124 valence electrons. The average molecular weight is 323 g/mol. The van der Waals surface area contributed by atoms with Crippen molar-refractivity contribution in [3.05, 3.63) is 65.7 Å². The monoisotopic (exact) mass is 323 g/mol. The molecule has 1 heterocycles. The maximum absolute atomic E-state index is 12.0. The highest BCUT2D eigenvalue weighted by molar-refractivity contribution is 5.92. The molecule has 0 spiro atoms. The summed E-state index contributed by atoms with van der Waals surface area (Å²) in [5.74, 6) is 0.184. The van der Waals surface area contributed by atoms with Gasteiger partial charge in [0.2, 0.25) is 5.91 Å². The van der Waals surface area contributed by atoms with Gasteiger partial charge in [-0.25, -0.2) is 0 Å². The van der Waals surface area contributed by atoms with Crippen molar-refractivity contribution in [1.29, 1.82) is 0 Å². The SMILES string of the molecule is O=C(Cc1ccccc1)Nc1ccc(CCCC(=O)C2CO2)cc1. The number of hydrogen-bond acceptors (Lipinski definition) is 3. The second kappa shape index (κ2) is 7.88. The number of nitrogens with one attached hydrogen (secondary N) is 1. The lowest BCUT2D eigenvalue weighted by atomic mass is 10.1. The number of carbonyl (C=O) groups is 2. The topological polar surface area (TPSA) is 58.7 Å². The van der Waals surface area contributed by atoms with Gasteiger partial charge < -0.3 is 10.1 Å². The van der Waals surface area contributed by atoms with Gasteiger partial charge in [-0.3, -0.25) is 9.59 Å². The summed E-state index contributed by atoms with van der Waals surface area (Å²) in [7, 11) is 0. The Kier molecular flexibility index (Phi) is 5.39. The van der Waals surface area contributed by atoms with Gasteiger partial charge in [0.1, 0.15) is 6.10 Å². The zero-order valence-corrected chi connectivity index (χ0v) is 13.5. The predicted molar refractivity (Wildman–Crippen MR) is 92.9 cm³/mol. The van der Waals surface area contributed by atoms with E-state index < -0.39 is 0 Å². The zero-order chi connectivity index (χ0) is 16.8. The Bertz CT molecular complexity index is 691. The molecule has 24 heavy (non-hydrogen) atoms. The van der Waals surface area contributed by atoms with Crippen molar-refractivity contribution in [3.8, 4) is 0 Å². The normalized spacial score (nSPS) is 15.8. The van der Waals surface area contributed by atoms with E-state index in [4.69, 9.17) is 4.74 Å². The van der Waals surface area contributed by atoms with Gasteiger partial charge >= 0.3 is 0 Å². The number of rotatable bonds is 8. The van der Waals surface area contributed by atoms with Crippen LogP contribution in [0.25, 0.3) is 0 Å². The molecule has 1 amide bonds.